The summed E-state index contributed by atoms with van der Waals surface area (Å²) >= 11 is 0. The number of carbonyl (C=O) groups is 3. The van der Waals surface area contributed by atoms with Crippen LogP contribution in [0.2, 0.25) is 0 Å². The molecule has 2 saturated carbocycles. The molecule has 2 aromatic rings. The first kappa shape index (κ1) is 30.3. The number of carbonyl (C=O) groups excluding carboxylic acids is 3. The Labute approximate surface area is 254 Å². The fraction of sp³-hybridized carbons (Fsp3) is 0.645. The monoisotopic (exact) mass is 615 g/mol. The van der Waals surface area contributed by atoms with Crippen LogP contribution in [0.3, 0.4) is 0 Å². The van der Waals surface area contributed by atoms with Gasteiger partial charge in [-0.1, -0.05) is 13.3 Å². The first-order chi connectivity index (χ1) is 21.0. The van der Waals surface area contributed by atoms with E-state index in [2.05, 4.69) is 15.3 Å². The highest BCUT2D eigenvalue weighted by molar-refractivity contribution is 5.91. The van der Waals surface area contributed by atoms with Gasteiger partial charge in [0.15, 0.2) is 5.69 Å². The first-order valence-electron chi connectivity index (χ1n) is 15.5. The van der Waals surface area contributed by atoms with Crippen molar-refractivity contribution in [1.82, 2.24) is 20.2 Å². The quantitative estimate of drug-likeness (QED) is 0.529. The molecule has 1 aromatic carbocycles. The van der Waals surface area contributed by atoms with Gasteiger partial charge in [0.2, 0.25) is 17.7 Å². The van der Waals surface area contributed by atoms with E-state index in [1.54, 1.807) is 25.1 Å². The number of hydrogen-bond donors (Lipinski definition) is 2. The topological polar surface area (TPSA) is 146 Å². The summed E-state index contributed by atoms with van der Waals surface area (Å²) in [4.78, 5) is 49.3. The molecule has 2 aliphatic heterocycles. The zero-order valence-electron chi connectivity index (χ0n) is 25.1. The van der Waals surface area contributed by atoms with Crippen LogP contribution in [0.15, 0.2) is 18.2 Å². The van der Waals surface area contributed by atoms with Crippen LogP contribution in [-0.4, -0.2) is 70.7 Å². The van der Waals surface area contributed by atoms with E-state index in [0.717, 1.165) is 12.8 Å². The van der Waals surface area contributed by atoms with Gasteiger partial charge in [0, 0.05) is 18.4 Å². The predicted molar refractivity (Wildman–Crippen MR) is 154 cm³/mol. The van der Waals surface area contributed by atoms with Crippen molar-refractivity contribution in [2.45, 2.75) is 89.0 Å². The molecule has 3 fully saturated rings. The summed E-state index contributed by atoms with van der Waals surface area (Å²) in [7, 11) is 1.49. The molecule has 3 heterocycles. The van der Waals surface area contributed by atoms with Crippen LogP contribution < -0.4 is 20.5 Å². The Balaban J connectivity index is 1.39. The third-order valence-electron chi connectivity index (χ3n) is 9.87. The minimum Gasteiger partial charge on any atom is -0.497 e. The number of nitrogens with two attached hydrogens (primary N) is 1. The number of rotatable bonds is 3. The number of alkyl halides is 2. The van der Waals surface area contributed by atoms with E-state index >= 15 is 8.78 Å². The zero-order valence-corrected chi connectivity index (χ0v) is 25.1. The molecule has 13 heteroatoms. The SMILES string of the molecule is CC[C@@H]1[C@@H]2CN(C(=O)[C@H](C)NC(=O)O[C@@H]3C[C@@H]4C[C@@H]4[C@H]3CCCCC(F)(F)c3nc4ccc(OC)cc4nc3O2)[C@@H]1C(N)=O. The maximum Gasteiger partial charge on any atom is 0.408 e. The van der Waals surface area contributed by atoms with Crippen LogP contribution >= 0.6 is 0 Å². The number of nitrogens with one attached hydrogen (secondary N) is 1. The fourth-order valence-electron chi connectivity index (χ4n) is 7.54. The van der Waals surface area contributed by atoms with Gasteiger partial charge in [0.1, 0.15) is 30.0 Å². The van der Waals surface area contributed by atoms with Gasteiger partial charge >= 0.3 is 6.09 Å². The van der Waals surface area contributed by atoms with Gasteiger partial charge in [0.05, 0.1) is 24.7 Å². The van der Waals surface area contributed by atoms with Crippen LogP contribution in [0.25, 0.3) is 11.0 Å². The highest BCUT2D eigenvalue weighted by Crippen LogP contribution is 2.58. The molecule has 2 bridgehead atoms. The molecule has 238 valence electrons. The van der Waals surface area contributed by atoms with E-state index in [4.69, 9.17) is 19.9 Å². The van der Waals surface area contributed by atoms with Crippen molar-refractivity contribution in [3.8, 4) is 11.6 Å². The summed E-state index contributed by atoms with van der Waals surface area (Å²) in [6.07, 6.45) is 1.16. The Morgan fingerprint density at radius 2 is 1.93 bits per heavy atom. The number of fused-ring (bicyclic) bond motifs is 7. The lowest BCUT2D eigenvalue weighted by Gasteiger charge is -2.28. The average Bonchev–Trinajstić information content (AvgIpc) is 3.52. The van der Waals surface area contributed by atoms with Crippen molar-refractivity contribution in [2.75, 3.05) is 13.7 Å². The summed E-state index contributed by atoms with van der Waals surface area (Å²) < 4.78 is 49.3. The number of nitrogens with zero attached hydrogens (tertiary/aromatic N) is 3. The molecular weight excluding hydrogens is 576 g/mol. The van der Waals surface area contributed by atoms with Crippen LogP contribution in [-0.2, 0) is 20.2 Å². The summed E-state index contributed by atoms with van der Waals surface area (Å²) in [5.41, 5.74) is 5.75. The van der Waals surface area contributed by atoms with Crippen LogP contribution in [0.4, 0.5) is 13.6 Å². The minimum absolute atomic E-state index is 0.0856. The van der Waals surface area contributed by atoms with E-state index in [-0.39, 0.29) is 36.4 Å². The van der Waals surface area contributed by atoms with Gasteiger partial charge in [0.25, 0.3) is 5.92 Å². The molecule has 0 spiro atoms. The fourth-order valence-corrected chi connectivity index (χ4v) is 7.54. The lowest BCUT2D eigenvalue weighted by Crippen LogP contribution is -2.53. The molecule has 3 N–H and O–H groups in total. The zero-order chi connectivity index (χ0) is 31.3. The van der Waals surface area contributed by atoms with Gasteiger partial charge in [-0.25, -0.2) is 14.8 Å². The molecule has 1 saturated heterocycles. The molecule has 44 heavy (non-hydrogen) atoms. The van der Waals surface area contributed by atoms with Crippen LogP contribution in [0.5, 0.6) is 11.6 Å². The number of amides is 3. The number of methoxy groups -OCH3 is 1. The Morgan fingerprint density at radius 1 is 1.14 bits per heavy atom. The van der Waals surface area contributed by atoms with Crippen molar-refractivity contribution in [1.29, 1.82) is 0 Å². The standard InChI is InChI=1S/C31H39F2N5O6/c1-4-18-24-14-38(25(18)27(34)39)29(40)15(2)35-30(41)44-23-12-16-11-20(16)19(23)7-5-6-10-31(32,33)26-28(43-24)37-22-13-17(42-3)8-9-21(22)36-26/h8-9,13,15-16,18-20,23-25H,4-7,10-12,14H2,1-3H3,(H2,34,39)(H,35,41)/t15-,16-,18+,19+,20-,23+,24-,25-/m0/s1. The molecule has 2 aliphatic carbocycles. The van der Waals surface area contributed by atoms with Crippen molar-refractivity contribution < 1.29 is 37.4 Å². The lowest BCUT2D eigenvalue weighted by molar-refractivity contribution is -0.139. The Morgan fingerprint density at radius 3 is 2.66 bits per heavy atom. The molecule has 8 atom stereocenters. The summed E-state index contributed by atoms with van der Waals surface area (Å²) in [6.45, 7) is 3.19. The molecule has 6 rings (SSSR count). The van der Waals surface area contributed by atoms with Crippen LogP contribution in [0, 0.1) is 23.7 Å². The second kappa shape index (κ2) is 11.6. The number of hydrogen-bond acceptors (Lipinski definition) is 8. The molecular formula is C31H39F2N5O6. The van der Waals surface area contributed by atoms with E-state index in [1.165, 1.54) is 18.9 Å². The Hall–Kier alpha value is -3.77. The van der Waals surface area contributed by atoms with E-state index in [9.17, 15) is 14.4 Å². The molecule has 0 unspecified atom stereocenters. The summed E-state index contributed by atoms with van der Waals surface area (Å²) in [6, 6.07) is 2.67. The highest BCUT2D eigenvalue weighted by atomic mass is 19.3. The Kier molecular flexibility index (Phi) is 8.00. The molecule has 1 aromatic heterocycles. The number of aromatic nitrogens is 2. The normalized spacial score (nSPS) is 33.5. The van der Waals surface area contributed by atoms with E-state index in [0.29, 0.717) is 42.4 Å². The number of benzene rings is 1. The third-order valence-corrected chi connectivity index (χ3v) is 9.87. The van der Waals surface area contributed by atoms with Crippen molar-refractivity contribution in [2.24, 2.45) is 29.4 Å². The average molecular weight is 616 g/mol. The van der Waals surface area contributed by atoms with E-state index < -0.39 is 60.1 Å². The van der Waals surface area contributed by atoms with Gasteiger partial charge in [-0.2, -0.15) is 8.78 Å². The van der Waals surface area contributed by atoms with Gasteiger partial charge in [-0.3, -0.25) is 9.59 Å². The summed E-state index contributed by atoms with van der Waals surface area (Å²) in [5.74, 6) is -4.21. The second-order valence-corrected chi connectivity index (χ2v) is 12.6. The minimum atomic E-state index is -3.37. The molecule has 3 amide bonds. The van der Waals surface area contributed by atoms with Crippen LogP contribution in [0.1, 0.15) is 64.5 Å². The largest absolute Gasteiger partial charge is 0.497 e. The predicted octanol–water partition coefficient (Wildman–Crippen LogP) is 3.91. The number of ether oxygens (including phenoxy) is 3. The maximum atomic E-state index is 16.0. The number of alkyl carbamates (subject to hydrolysis) is 1. The summed E-state index contributed by atoms with van der Waals surface area (Å²) in [5, 5.41) is 2.63. The van der Waals surface area contributed by atoms with Crippen molar-refractivity contribution in [3.63, 3.8) is 0 Å². The van der Waals surface area contributed by atoms with Gasteiger partial charge in [-0.15, -0.1) is 0 Å². The second-order valence-electron chi connectivity index (χ2n) is 12.6. The third kappa shape index (κ3) is 5.61. The highest BCUT2D eigenvalue weighted by Gasteiger charge is 2.55. The Bertz CT molecular complexity index is 1460. The number of halogens is 2. The number of primary amides is 1. The van der Waals surface area contributed by atoms with Crippen molar-refractivity contribution >= 4 is 28.9 Å². The van der Waals surface area contributed by atoms with Gasteiger partial charge in [-0.05, 0) is 68.9 Å². The smallest absolute Gasteiger partial charge is 0.408 e. The van der Waals surface area contributed by atoms with Crippen molar-refractivity contribution in [3.05, 3.63) is 23.9 Å². The van der Waals surface area contributed by atoms with E-state index in [1.807, 2.05) is 0 Å². The molecule has 0 radical (unpaired) electrons. The lowest BCUT2D eigenvalue weighted by atomic mass is 9.93. The molecule has 4 aliphatic rings. The maximum absolute atomic E-state index is 16.0. The van der Waals surface area contributed by atoms with Gasteiger partial charge < -0.3 is 30.2 Å². The first-order valence-corrected chi connectivity index (χ1v) is 15.5. The molecule has 11 nitrogen and oxygen atoms in total.